The van der Waals surface area contributed by atoms with Crippen LogP contribution in [0.15, 0.2) is 42.5 Å². The van der Waals surface area contributed by atoms with Crippen molar-refractivity contribution in [1.82, 2.24) is 15.0 Å². The molecule has 1 saturated carbocycles. The highest BCUT2D eigenvalue weighted by molar-refractivity contribution is 7.21. The summed E-state index contributed by atoms with van der Waals surface area (Å²) in [4.78, 5) is 14.7. The van der Waals surface area contributed by atoms with Crippen molar-refractivity contribution in [2.45, 2.75) is 57.8 Å². The van der Waals surface area contributed by atoms with Gasteiger partial charge < -0.3 is 34.7 Å². The van der Waals surface area contributed by atoms with Crippen LogP contribution in [0.5, 0.6) is 11.5 Å². The highest BCUT2D eigenvalue weighted by Crippen LogP contribution is 2.44. The molecule has 11 heteroatoms. The summed E-state index contributed by atoms with van der Waals surface area (Å²) in [7, 11) is 3.24. The van der Waals surface area contributed by atoms with Crippen LogP contribution in [0.4, 0.5) is 11.8 Å². The molecule has 0 bridgehead atoms. The Hall–Kier alpha value is -3.51. The zero-order valence-electron chi connectivity index (χ0n) is 23.8. The number of methoxy groups -OCH3 is 2. The maximum atomic E-state index is 10.1. The van der Waals surface area contributed by atoms with Gasteiger partial charge in [-0.1, -0.05) is 18.2 Å². The molecular weight excluding hydrogens is 542 g/mol. The Balaban J connectivity index is 1.34. The van der Waals surface area contributed by atoms with Gasteiger partial charge in [-0.15, -0.1) is 11.3 Å². The van der Waals surface area contributed by atoms with Crippen LogP contribution in [-0.2, 0) is 16.0 Å². The molecule has 1 saturated heterocycles. The van der Waals surface area contributed by atoms with Crippen LogP contribution in [0.25, 0.3) is 20.8 Å². The lowest BCUT2D eigenvalue weighted by Crippen LogP contribution is -2.35. The fourth-order valence-electron chi connectivity index (χ4n) is 5.75. The second kappa shape index (κ2) is 11.1. The molecule has 6 rings (SSSR count). The van der Waals surface area contributed by atoms with Gasteiger partial charge in [-0.2, -0.15) is 4.98 Å². The molecule has 1 aliphatic carbocycles. The Morgan fingerprint density at radius 1 is 1.02 bits per heavy atom. The van der Waals surface area contributed by atoms with Crippen molar-refractivity contribution in [3.8, 4) is 22.1 Å². The van der Waals surface area contributed by atoms with Crippen LogP contribution >= 0.6 is 11.3 Å². The summed E-state index contributed by atoms with van der Waals surface area (Å²) < 4.78 is 24.4. The maximum absolute atomic E-state index is 10.1. The summed E-state index contributed by atoms with van der Waals surface area (Å²) in [6.45, 7) is 6.32. The third kappa shape index (κ3) is 5.42. The van der Waals surface area contributed by atoms with Gasteiger partial charge in [0.15, 0.2) is 17.3 Å². The smallest absolute Gasteiger partial charge is 0.225 e. The molecule has 10 nitrogen and oxygen atoms in total. The number of hydrogen-bond acceptors (Lipinski definition) is 11. The lowest BCUT2D eigenvalue weighted by molar-refractivity contribution is -0.158. The summed E-state index contributed by atoms with van der Waals surface area (Å²) in [5.74, 6) is 1.74. The number of nitrogens with zero attached hydrogens (tertiary/aromatic N) is 3. The molecule has 2 fully saturated rings. The normalized spacial score (nSPS) is 23.0. The first kappa shape index (κ1) is 27.6. The number of benzene rings is 2. The lowest BCUT2D eigenvalue weighted by atomic mass is 10.1. The maximum Gasteiger partial charge on any atom is 0.225 e. The molecule has 3 heterocycles. The van der Waals surface area contributed by atoms with Crippen LogP contribution in [-0.4, -0.2) is 64.9 Å². The molecule has 4 aromatic rings. The van der Waals surface area contributed by atoms with Gasteiger partial charge in [-0.3, -0.25) is 0 Å². The predicted octanol–water partition coefficient (Wildman–Crippen LogP) is 5.00. The highest BCUT2D eigenvalue weighted by Gasteiger charge is 2.54. The van der Waals surface area contributed by atoms with Crippen molar-refractivity contribution < 1.29 is 24.1 Å². The van der Waals surface area contributed by atoms with E-state index in [1.807, 2.05) is 57.2 Å². The topological polar surface area (TPSA) is 120 Å². The van der Waals surface area contributed by atoms with Gasteiger partial charge in [-0.25, -0.2) is 9.97 Å². The fourth-order valence-corrected chi connectivity index (χ4v) is 6.81. The SMILES string of the molecule is COc1ccc(CNc2nc(C)c(-c3nc4ccccc4s3)c(N[C@@H]3C[C@H](CO)[C@H]4OC(C)(C)O[C@H]43)n2)cc1OC. The minimum Gasteiger partial charge on any atom is -0.493 e. The Labute approximate surface area is 243 Å². The molecule has 2 aromatic carbocycles. The third-order valence-corrected chi connectivity index (χ3v) is 8.69. The average molecular weight is 578 g/mol. The third-order valence-electron chi connectivity index (χ3n) is 7.63. The number of aromatic nitrogens is 3. The Bertz CT molecular complexity index is 1530. The Kier molecular flexibility index (Phi) is 7.45. The quantitative estimate of drug-likeness (QED) is 0.251. The summed E-state index contributed by atoms with van der Waals surface area (Å²) in [5, 5.41) is 18.0. The minimum absolute atomic E-state index is 0.0317. The number of rotatable bonds is 9. The standard InChI is InChI=1S/C30H35N5O5S/c1-16-24(28-34-19-8-6-7-9-23(19)41-28)27(33-20-13-18(15-36)25-26(20)40-30(2,3)39-25)35-29(32-16)31-14-17-10-11-21(37-4)22(12-17)38-5/h6-12,18,20,25-26,36H,13-15H2,1-5H3,(H2,31,32,33,35)/t18-,20-,25-,26+/m1/s1. The van der Waals surface area contributed by atoms with Crippen molar-refractivity contribution in [3.63, 3.8) is 0 Å². The number of anilines is 2. The molecule has 41 heavy (non-hydrogen) atoms. The molecule has 1 aliphatic heterocycles. The molecular formula is C30H35N5O5S. The van der Waals surface area contributed by atoms with E-state index < -0.39 is 5.79 Å². The van der Waals surface area contributed by atoms with Crippen molar-refractivity contribution in [2.75, 3.05) is 31.5 Å². The van der Waals surface area contributed by atoms with Crippen molar-refractivity contribution >= 4 is 33.3 Å². The fraction of sp³-hybridized carbons (Fsp3) is 0.433. The number of aliphatic hydroxyl groups is 1. The van der Waals surface area contributed by atoms with E-state index in [0.29, 0.717) is 36.2 Å². The molecule has 0 spiro atoms. The van der Waals surface area contributed by atoms with E-state index in [2.05, 4.69) is 16.7 Å². The molecule has 0 radical (unpaired) electrons. The van der Waals surface area contributed by atoms with Gasteiger partial charge in [0, 0.05) is 19.1 Å². The molecule has 2 aromatic heterocycles. The number of para-hydroxylation sites is 1. The highest BCUT2D eigenvalue weighted by atomic mass is 32.1. The monoisotopic (exact) mass is 577 g/mol. The van der Waals surface area contributed by atoms with E-state index >= 15 is 0 Å². The first-order chi connectivity index (χ1) is 19.8. The van der Waals surface area contributed by atoms with Gasteiger partial charge >= 0.3 is 0 Å². The number of nitrogens with one attached hydrogen (secondary N) is 2. The van der Waals surface area contributed by atoms with Crippen LogP contribution in [0.1, 0.15) is 31.5 Å². The molecule has 2 aliphatic rings. The zero-order chi connectivity index (χ0) is 28.7. The molecule has 0 unspecified atom stereocenters. The van der Waals surface area contributed by atoms with E-state index in [-0.39, 0.29) is 30.8 Å². The van der Waals surface area contributed by atoms with Crippen LogP contribution in [0.3, 0.4) is 0 Å². The van der Waals surface area contributed by atoms with Crippen LogP contribution < -0.4 is 20.1 Å². The lowest BCUT2D eigenvalue weighted by Gasteiger charge is -2.25. The first-order valence-electron chi connectivity index (χ1n) is 13.7. The number of thiazole rings is 1. The summed E-state index contributed by atoms with van der Waals surface area (Å²) in [6.07, 6.45) is 0.284. The summed E-state index contributed by atoms with van der Waals surface area (Å²) >= 11 is 1.61. The largest absolute Gasteiger partial charge is 0.493 e. The van der Waals surface area contributed by atoms with E-state index in [1.54, 1.807) is 25.6 Å². The number of aliphatic hydroxyl groups excluding tert-OH is 1. The van der Waals surface area contributed by atoms with Gasteiger partial charge in [0.1, 0.15) is 16.9 Å². The number of hydrogen-bond donors (Lipinski definition) is 3. The Morgan fingerprint density at radius 3 is 2.56 bits per heavy atom. The van der Waals surface area contributed by atoms with Crippen molar-refractivity contribution in [1.29, 1.82) is 0 Å². The summed E-state index contributed by atoms with van der Waals surface area (Å²) in [6, 6.07) is 13.8. The van der Waals surface area contributed by atoms with E-state index in [0.717, 1.165) is 32.0 Å². The molecule has 0 amide bonds. The van der Waals surface area contributed by atoms with Crippen molar-refractivity contribution in [2.24, 2.45) is 5.92 Å². The molecule has 3 N–H and O–H groups in total. The van der Waals surface area contributed by atoms with E-state index in [4.69, 9.17) is 33.9 Å². The Morgan fingerprint density at radius 2 is 1.80 bits per heavy atom. The number of fused-ring (bicyclic) bond motifs is 2. The van der Waals surface area contributed by atoms with Crippen LogP contribution in [0, 0.1) is 12.8 Å². The van der Waals surface area contributed by atoms with Crippen LogP contribution in [0.2, 0.25) is 0 Å². The molecule has 4 atom stereocenters. The van der Waals surface area contributed by atoms with E-state index in [9.17, 15) is 5.11 Å². The predicted molar refractivity (Wildman–Crippen MR) is 159 cm³/mol. The minimum atomic E-state index is -0.716. The molecule has 216 valence electrons. The van der Waals surface area contributed by atoms with Gasteiger partial charge in [-0.05, 0) is 57.0 Å². The average Bonchev–Trinajstić information content (AvgIpc) is 3.62. The summed E-state index contributed by atoms with van der Waals surface area (Å²) in [5.41, 5.74) is 3.58. The van der Waals surface area contributed by atoms with Crippen molar-refractivity contribution in [3.05, 3.63) is 53.7 Å². The second-order valence-corrected chi connectivity index (χ2v) is 11.9. The first-order valence-corrected chi connectivity index (χ1v) is 14.5. The second-order valence-electron chi connectivity index (χ2n) is 10.9. The number of aryl methyl sites for hydroxylation is 1. The number of ether oxygens (including phenoxy) is 4. The zero-order valence-corrected chi connectivity index (χ0v) is 24.6. The van der Waals surface area contributed by atoms with Gasteiger partial charge in [0.25, 0.3) is 0 Å². The van der Waals surface area contributed by atoms with Gasteiger partial charge in [0.05, 0.1) is 47.8 Å². The van der Waals surface area contributed by atoms with Gasteiger partial charge in [0.2, 0.25) is 5.95 Å². The van der Waals surface area contributed by atoms with E-state index in [1.165, 1.54) is 0 Å².